The molecule has 3 aromatic rings. The van der Waals surface area contributed by atoms with E-state index in [0.717, 1.165) is 23.0 Å². The lowest BCUT2D eigenvalue weighted by Crippen LogP contribution is -2.28. The molecule has 0 amide bonds. The Morgan fingerprint density at radius 1 is 1.09 bits per heavy atom. The van der Waals surface area contributed by atoms with Gasteiger partial charge in [-0.3, -0.25) is 9.52 Å². The number of sulfonamides is 1. The first-order chi connectivity index (χ1) is 15.1. The molecule has 0 saturated carbocycles. The fraction of sp³-hybridized carbons (Fsp3) is 0.389. The minimum atomic E-state index is -4.82. The van der Waals surface area contributed by atoms with Crippen LogP contribution in [0.15, 0.2) is 27.9 Å². The quantitative estimate of drug-likeness (QED) is 0.540. The molecule has 0 radical (unpaired) electrons. The van der Waals surface area contributed by atoms with Crippen molar-refractivity contribution >= 4 is 36.7 Å². The molecule has 0 aliphatic carbocycles. The molecule has 0 fully saturated rings. The van der Waals surface area contributed by atoms with Crippen LogP contribution in [-0.2, 0) is 39.6 Å². The third-order valence-corrected chi connectivity index (χ3v) is 7.16. The van der Waals surface area contributed by atoms with Crippen molar-refractivity contribution in [2.45, 2.75) is 31.5 Å². The summed E-state index contributed by atoms with van der Waals surface area (Å²) in [4.78, 5) is 20.7. The van der Waals surface area contributed by atoms with Crippen LogP contribution in [0.2, 0.25) is 0 Å². The fourth-order valence-electron chi connectivity index (χ4n) is 3.34. The van der Waals surface area contributed by atoms with Gasteiger partial charge >= 0.3 is 6.18 Å². The second kappa shape index (κ2) is 8.13. The van der Waals surface area contributed by atoms with E-state index in [1.54, 1.807) is 0 Å². The number of nitrogens with one attached hydrogen (secondary N) is 1. The number of fused-ring (bicyclic) bond motifs is 1. The van der Waals surface area contributed by atoms with Gasteiger partial charge < -0.3 is 9.13 Å². The van der Waals surface area contributed by atoms with Crippen LogP contribution in [0.1, 0.15) is 19.5 Å². The highest BCUT2D eigenvalue weighted by Gasteiger charge is 2.36. The monoisotopic (exact) mass is 507 g/mol. The number of aryl methyl sites for hydroxylation is 1. The van der Waals surface area contributed by atoms with Crippen LogP contribution in [0, 0.1) is 0 Å². The first kappa shape index (κ1) is 24.7. The van der Waals surface area contributed by atoms with Crippen molar-refractivity contribution in [3.05, 3.63) is 34.2 Å². The second-order valence-electron chi connectivity index (χ2n) is 7.13. The summed E-state index contributed by atoms with van der Waals surface area (Å²) in [6.45, 7) is 2.51. The van der Waals surface area contributed by atoms with Crippen LogP contribution < -0.4 is 10.3 Å². The molecule has 0 unspecified atom stereocenters. The van der Waals surface area contributed by atoms with Crippen LogP contribution in [0.5, 0.6) is 0 Å². The molecule has 15 heteroatoms. The Morgan fingerprint density at radius 2 is 1.73 bits per heavy atom. The molecule has 1 N–H and O–H groups in total. The van der Waals surface area contributed by atoms with E-state index in [1.165, 1.54) is 20.9 Å². The lowest BCUT2D eigenvalue weighted by molar-refractivity contribution is -0.144. The number of sulfone groups is 1. The van der Waals surface area contributed by atoms with E-state index < -0.39 is 37.3 Å². The van der Waals surface area contributed by atoms with Crippen LogP contribution in [0.3, 0.4) is 0 Å². The molecule has 0 atom stereocenters. The Kier molecular flexibility index (Phi) is 6.08. The molecule has 0 aromatic carbocycles. The average molecular weight is 508 g/mol. The number of hydrogen-bond donors (Lipinski definition) is 1. The van der Waals surface area contributed by atoms with Gasteiger partial charge in [-0.05, 0) is 25.1 Å². The number of hydrogen-bond acceptors (Lipinski definition) is 7. The van der Waals surface area contributed by atoms with Crippen molar-refractivity contribution in [2.24, 2.45) is 7.05 Å². The molecule has 180 valence electrons. The zero-order valence-corrected chi connectivity index (χ0v) is 19.6. The molecular weight excluding hydrogens is 487 g/mol. The molecule has 0 spiro atoms. The number of aromatic nitrogens is 4. The van der Waals surface area contributed by atoms with Crippen molar-refractivity contribution in [3.63, 3.8) is 0 Å². The van der Waals surface area contributed by atoms with Crippen molar-refractivity contribution in [1.29, 1.82) is 0 Å². The van der Waals surface area contributed by atoms with Crippen LogP contribution in [0.4, 0.5) is 19.0 Å². The summed E-state index contributed by atoms with van der Waals surface area (Å²) in [6.07, 6.45) is -3.96. The van der Waals surface area contributed by atoms with Gasteiger partial charge in [0.1, 0.15) is 22.7 Å². The van der Waals surface area contributed by atoms with Gasteiger partial charge in [0.25, 0.3) is 5.56 Å². The number of pyridine rings is 2. The highest BCUT2D eigenvalue weighted by atomic mass is 32.2. The summed E-state index contributed by atoms with van der Waals surface area (Å²) in [5.74, 6) is -0.768. The second-order valence-corrected chi connectivity index (χ2v) is 11.1. The summed E-state index contributed by atoms with van der Waals surface area (Å²) in [5.41, 5.74) is -2.97. The molecule has 0 bridgehead atoms. The number of anilines is 1. The van der Waals surface area contributed by atoms with E-state index in [2.05, 4.69) is 14.7 Å². The predicted octanol–water partition coefficient (Wildman–Crippen LogP) is 2.00. The third-order valence-electron chi connectivity index (χ3n) is 4.82. The summed E-state index contributed by atoms with van der Waals surface area (Å²) in [5, 5.41) is 0. The van der Waals surface area contributed by atoms with Crippen molar-refractivity contribution in [2.75, 3.05) is 16.7 Å². The topological polar surface area (TPSA) is 133 Å². The Labute approximate surface area is 187 Å². The minimum absolute atomic E-state index is 0.192. The van der Waals surface area contributed by atoms with E-state index >= 15 is 0 Å². The van der Waals surface area contributed by atoms with E-state index in [0.29, 0.717) is 10.6 Å². The number of rotatable bonds is 6. The lowest BCUT2D eigenvalue weighted by Gasteiger charge is -2.14. The van der Waals surface area contributed by atoms with Crippen molar-refractivity contribution < 1.29 is 30.0 Å². The smallest absolute Gasteiger partial charge is 0.321 e. The average Bonchev–Trinajstić information content (AvgIpc) is 3.02. The van der Waals surface area contributed by atoms with E-state index in [4.69, 9.17) is 0 Å². The van der Waals surface area contributed by atoms with E-state index in [-0.39, 0.29) is 45.6 Å². The molecule has 0 saturated heterocycles. The fourth-order valence-corrected chi connectivity index (χ4v) is 4.85. The predicted molar refractivity (Wildman–Crippen MR) is 115 cm³/mol. The molecule has 3 heterocycles. The maximum atomic E-state index is 13.5. The summed E-state index contributed by atoms with van der Waals surface area (Å²) >= 11 is 0. The molecule has 10 nitrogen and oxygen atoms in total. The molecule has 3 rings (SSSR count). The van der Waals surface area contributed by atoms with Crippen molar-refractivity contribution in [3.8, 4) is 11.5 Å². The van der Waals surface area contributed by atoms with Crippen LogP contribution >= 0.6 is 0 Å². The molecule has 3 aromatic heterocycles. The van der Waals surface area contributed by atoms with Crippen molar-refractivity contribution in [1.82, 2.24) is 19.1 Å². The number of nitrogens with zero attached hydrogens (tertiary/aromatic N) is 4. The van der Waals surface area contributed by atoms with E-state index in [1.807, 2.05) is 0 Å². The molecule has 0 aliphatic rings. The van der Waals surface area contributed by atoms with Gasteiger partial charge in [0.05, 0.1) is 22.4 Å². The maximum absolute atomic E-state index is 13.5. The zero-order valence-electron chi connectivity index (χ0n) is 17.9. The molecular formula is C18H20F3N5O5S2. The normalized spacial score (nSPS) is 12.9. The first-order valence-electron chi connectivity index (χ1n) is 9.50. The first-order valence-corrected chi connectivity index (χ1v) is 13.0. The SMILES string of the molecule is CCn1c(C(F)(F)F)cc2nc(-c3nc(NS(C)(=O)=O)ccc3S(=O)(=O)CC)n(C)c2c1=O. The van der Waals surface area contributed by atoms with Gasteiger partial charge in [-0.2, -0.15) is 13.2 Å². The van der Waals surface area contributed by atoms with Gasteiger partial charge in [0.15, 0.2) is 15.7 Å². The standard InChI is InChI=1S/C18H20F3N5O5S2/c1-5-26-12(18(19,20)21)9-10-15(17(26)27)25(3)16(22-10)14-11(33(30,31)6-2)7-8-13(23-14)24-32(4,28)29/h7-9H,5-6H2,1-4H3,(H,23,24). The van der Waals surface area contributed by atoms with Gasteiger partial charge in [-0.15, -0.1) is 0 Å². The lowest BCUT2D eigenvalue weighted by atomic mass is 10.3. The Balaban J connectivity index is 2.43. The van der Waals surface area contributed by atoms with Gasteiger partial charge in [0, 0.05) is 13.6 Å². The number of imidazole rings is 1. The summed E-state index contributed by atoms with van der Waals surface area (Å²) in [6, 6.07) is 2.97. The summed E-state index contributed by atoms with van der Waals surface area (Å²) < 4.78 is 92.8. The highest BCUT2D eigenvalue weighted by Crippen LogP contribution is 2.33. The van der Waals surface area contributed by atoms with Crippen LogP contribution in [-0.4, -0.2) is 47.9 Å². The Morgan fingerprint density at radius 3 is 2.24 bits per heavy atom. The van der Waals surface area contributed by atoms with Crippen LogP contribution in [0.25, 0.3) is 22.6 Å². The molecule has 0 aliphatic heterocycles. The molecule has 33 heavy (non-hydrogen) atoms. The summed E-state index contributed by atoms with van der Waals surface area (Å²) in [7, 11) is -6.34. The van der Waals surface area contributed by atoms with Gasteiger partial charge in [-0.1, -0.05) is 6.92 Å². The van der Waals surface area contributed by atoms with Gasteiger partial charge in [0.2, 0.25) is 10.0 Å². The zero-order chi connectivity index (χ0) is 24.9. The maximum Gasteiger partial charge on any atom is 0.431 e. The Hall–Kier alpha value is -2.94. The van der Waals surface area contributed by atoms with E-state index in [9.17, 15) is 34.8 Å². The largest absolute Gasteiger partial charge is 0.431 e. The van der Waals surface area contributed by atoms with Gasteiger partial charge in [-0.25, -0.2) is 26.8 Å². The number of halogens is 3. The third kappa shape index (κ3) is 4.59. The number of alkyl halides is 3. The Bertz CT molecular complexity index is 1520. The minimum Gasteiger partial charge on any atom is -0.321 e. The highest BCUT2D eigenvalue weighted by molar-refractivity contribution is 7.92.